The second kappa shape index (κ2) is 8.01. The van der Waals surface area contributed by atoms with Crippen molar-refractivity contribution < 1.29 is 13.2 Å². The van der Waals surface area contributed by atoms with Gasteiger partial charge in [-0.05, 0) is 37.8 Å². The van der Waals surface area contributed by atoms with Gasteiger partial charge in [0, 0.05) is 19.0 Å². The molecule has 24 heavy (non-hydrogen) atoms. The maximum atomic E-state index is 12.2. The second-order valence-corrected chi connectivity index (χ2v) is 8.63. The molecular weight excluding hydrogens is 324 g/mol. The topological polar surface area (TPSA) is 66.5 Å². The first-order valence-electron chi connectivity index (χ1n) is 8.62. The molecule has 5 nitrogen and oxygen atoms in total. The van der Waals surface area contributed by atoms with Gasteiger partial charge in [0.05, 0.1) is 11.9 Å². The van der Waals surface area contributed by atoms with Crippen molar-refractivity contribution in [3.05, 3.63) is 29.3 Å². The number of para-hydroxylation sites is 1. The molecule has 0 aromatic heterocycles. The number of benzene rings is 1. The fourth-order valence-electron chi connectivity index (χ4n) is 3.39. The predicted molar refractivity (Wildman–Crippen MR) is 97.7 cm³/mol. The van der Waals surface area contributed by atoms with Gasteiger partial charge in [-0.3, -0.25) is 9.10 Å². The van der Waals surface area contributed by atoms with Gasteiger partial charge in [-0.25, -0.2) is 8.42 Å². The standard InChI is InChI=1S/C18H28N2O3S/c1-14-8-7-9-15(2)18(14)20(24(3,22)23)13-12-17(21)19-16-10-5-4-6-11-16/h7-9,16H,4-6,10-13H2,1-3H3,(H,19,21). The van der Waals surface area contributed by atoms with E-state index in [1.54, 1.807) is 0 Å². The normalized spacial score (nSPS) is 16.0. The molecule has 1 fully saturated rings. The van der Waals surface area contributed by atoms with E-state index in [1.165, 1.54) is 17.0 Å². The monoisotopic (exact) mass is 352 g/mol. The lowest BCUT2D eigenvalue weighted by molar-refractivity contribution is -0.121. The number of hydrogen-bond acceptors (Lipinski definition) is 3. The Bertz CT molecular complexity index is 659. The maximum Gasteiger partial charge on any atom is 0.232 e. The van der Waals surface area contributed by atoms with Gasteiger partial charge < -0.3 is 5.32 Å². The van der Waals surface area contributed by atoms with Gasteiger partial charge in [-0.15, -0.1) is 0 Å². The molecule has 0 aliphatic heterocycles. The lowest BCUT2D eigenvalue weighted by atomic mass is 9.95. The number of aryl methyl sites for hydroxylation is 2. The Balaban J connectivity index is 2.06. The molecule has 0 spiro atoms. The van der Waals surface area contributed by atoms with Gasteiger partial charge in [0.15, 0.2) is 0 Å². The van der Waals surface area contributed by atoms with Gasteiger partial charge >= 0.3 is 0 Å². The van der Waals surface area contributed by atoms with E-state index in [0.29, 0.717) is 5.69 Å². The van der Waals surface area contributed by atoms with Crippen molar-refractivity contribution in [2.45, 2.75) is 58.4 Å². The summed E-state index contributed by atoms with van der Waals surface area (Å²) in [6.45, 7) is 3.95. The van der Waals surface area contributed by atoms with Crippen molar-refractivity contribution in [1.29, 1.82) is 0 Å². The minimum Gasteiger partial charge on any atom is -0.353 e. The molecule has 6 heteroatoms. The van der Waals surface area contributed by atoms with Crippen molar-refractivity contribution in [2.24, 2.45) is 0 Å². The first kappa shape index (κ1) is 18.8. The molecule has 0 saturated heterocycles. The van der Waals surface area contributed by atoms with E-state index in [4.69, 9.17) is 0 Å². The summed E-state index contributed by atoms with van der Waals surface area (Å²) in [6, 6.07) is 5.94. The Hall–Kier alpha value is -1.56. The average Bonchev–Trinajstić information content (AvgIpc) is 2.50. The van der Waals surface area contributed by atoms with Crippen LogP contribution in [0.5, 0.6) is 0 Å². The highest BCUT2D eigenvalue weighted by Crippen LogP contribution is 2.27. The van der Waals surface area contributed by atoms with Crippen LogP contribution in [0.4, 0.5) is 5.69 Å². The number of sulfonamides is 1. The van der Waals surface area contributed by atoms with Gasteiger partial charge in [0.25, 0.3) is 0 Å². The van der Waals surface area contributed by atoms with E-state index in [2.05, 4.69) is 5.32 Å². The molecular formula is C18H28N2O3S. The maximum absolute atomic E-state index is 12.2. The Kier molecular flexibility index (Phi) is 6.27. The van der Waals surface area contributed by atoms with Crippen LogP contribution in [0, 0.1) is 13.8 Å². The Labute approximate surface area is 145 Å². The summed E-state index contributed by atoms with van der Waals surface area (Å²) in [5.74, 6) is -0.0678. The summed E-state index contributed by atoms with van der Waals surface area (Å²) in [5.41, 5.74) is 2.48. The van der Waals surface area contributed by atoms with Crippen LogP contribution in [0.2, 0.25) is 0 Å². The number of nitrogens with zero attached hydrogens (tertiary/aromatic N) is 1. The van der Waals surface area contributed by atoms with Crippen LogP contribution in [0.25, 0.3) is 0 Å². The number of carbonyl (C=O) groups is 1. The predicted octanol–water partition coefficient (Wildman–Crippen LogP) is 2.91. The molecule has 1 aliphatic carbocycles. The van der Waals surface area contributed by atoms with Crippen LogP contribution in [0.3, 0.4) is 0 Å². The molecule has 2 rings (SSSR count). The van der Waals surface area contributed by atoms with Crippen molar-refractivity contribution in [3.8, 4) is 0 Å². The van der Waals surface area contributed by atoms with E-state index in [1.807, 2.05) is 32.0 Å². The lowest BCUT2D eigenvalue weighted by Gasteiger charge is -2.27. The lowest BCUT2D eigenvalue weighted by Crippen LogP contribution is -2.39. The molecule has 0 radical (unpaired) electrons. The summed E-state index contributed by atoms with van der Waals surface area (Å²) in [7, 11) is -3.44. The van der Waals surface area contributed by atoms with Crippen LogP contribution in [-0.2, 0) is 14.8 Å². The summed E-state index contributed by atoms with van der Waals surface area (Å²) in [4.78, 5) is 12.2. The highest BCUT2D eigenvalue weighted by molar-refractivity contribution is 7.92. The first-order chi connectivity index (χ1) is 11.3. The van der Waals surface area contributed by atoms with E-state index in [-0.39, 0.29) is 24.9 Å². The summed E-state index contributed by atoms with van der Waals surface area (Å²) in [5, 5.41) is 3.05. The van der Waals surface area contributed by atoms with E-state index in [9.17, 15) is 13.2 Å². The van der Waals surface area contributed by atoms with Crippen molar-refractivity contribution in [1.82, 2.24) is 5.32 Å². The number of anilines is 1. The second-order valence-electron chi connectivity index (χ2n) is 6.73. The molecule has 1 amide bonds. The van der Waals surface area contributed by atoms with Gasteiger partial charge in [-0.2, -0.15) is 0 Å². The summed E-state index contributed by atoms with van der Waals surface area (Å²) in [6.07, 6.45) is 6.97. The van der Waals surface area contributed by atoms with Crippen LogP contribution in [0.15, 0.2) is 18.2 Å². The third-order valence-corrected chi connectivity index (χ3v) is 5.77. The highest BCUT2D eigenvalue weighted by Gasteiger charge is 2.23. The molecule has 0 bridgehead atoms. The quantitative estimate of drug-likeness (QED) is 0.856. The highest BCUT2D eigenvalue weighted by atomic mass is 32.2. The molecule has 1 N–H and O–H groups in total. The summed E-state index contributed by atoms with van der Waals surface area (Å²) < 4.78 is 25.8. The largest absolute Gasteiger partial charge is 0.353 e. The zero-order valence-electron chi connectivity index (χ0n) is 14.8. The van der Waals surface area contributed by atoms with E-state index >= 15 is 0 Å². The summed E-state index contributed by atoms with van der Waals surface area (Å²) >= 11 is 0. The molecule has 1 aromatic rings. The van der Waals surface area contributed by atoms with Crippen LogP contribution < -0.4 is 9.62 Å². The molecule has 0 heterocycles. The van der Waals surface area contributed by atoms with Crippen LogP contribution in [0.1, 0.15) is 49.7 Å². The van der Waals surface area contributed by atoms with Crippen LogP contribution in [-0.4, -0.2) is 33.2 Å². The Morgan fingerprint density at radius 3 is 2.29 bits per heavy atom. The van der Waals surface area contributed by atoms with E-state index in [0.717, 1.165) is 36.8 Å². The van der Waals surface area contributed by atoms with Crippen LogP contribution >= 0.6 is 0 Å². The number of nitrogens with one attached hydrogen (secondary N) is 1. The van der Waals surface area contributed by atoms with E-state index < -0.39 is 10.0 Å². The fraction of sp³-hybridized carbons (Fsp3) is 0.611. The molecule has 1 saturated carbocycles. The van der Waals surface area contributed by atoms with Gasteiger partial charge in [0.1, 0.15) is 0 Å². The minimum atomic E-state index is -3.44. The average molecular weight is 353 g/mol. The van der Waals surface area contributed by atoms with Crippen molar-refractivity contribution >= 4 is 21.6 Å². The molecule has 1 aliphatic rings. The minimum absolute atomic E-state index is 0.0678. The zero-order valence-corrected chi connectivity index (χ0v) is 15.7. The Morgan fingerprint density at radius 1 is 1.17 bits per heavy atom. The number of hydrogen-bond donors (Lipinski definition) is 1. The van der Waals surface area contributed by atoms with Gasteiger partial charge in [0.2, 0.25) is 15.9 Å². The van der Waals surface area contributed by atoms with Crippen molar-refractivity contribution in [2.75, 3.05) is 17.1 Å². The molecule has 0 unspecified atom stereocenters. The molecule has 0 atom stereocenters. The third kappa shape index (κ3) is 4.97. The molecule has 1 aromatic carbocycles. The van der Waals surface area contributed by atoms with Crippen molar-refractivity contribution in [3.63, 3.8) is 0 Å². The zero-order chi connectivity index (χ0) is 17.7. The Morgan fingerprint density at radius 2 is 1.75 bits per heavy atom. The SMILES string of the molecule is Cc1cccc(C)c1N(CCC(=O)NC1CCCCC1)S(C)(=O)=O. The smallest absolute Gasteiger partial charge is 0.232 e. The van der Waals surface area contributed by atoms with Gasteiger partial charge in [-0.1, -0.05) is 37.5 Å². The fourth-order valence-corrected chi connectivity index (χ4v) is 4.43. The third-order valence-electron chi connectivity index (χ3n) is 4.60. The first-order valence-corrected chi connectivity index (χ1v) is 10.5. The number of carbonyl (C=O) groups excluding carboxylic acids is 1. The molecule has 134 valence electrons. The number of amides is 1. The number of rotatable bonds is 6.